The van der Waals surface area contributed by atoms with E-state index in [0.29, 0.717) is 32.1 Å². The van der Waals surface area contributed by atoms with Crippen LogP contribution in [0.1, 0.15) is 297 Å². The van der Waals surface area contributed by atoms with Gasteiger partial charge < -0.3 is 33.8 Å². The van der Waals surface area contributed by atoms with Crippen LogP contribution in [0, 0.1) is 0 Å². The summed E-state index contributed by atoms with van der Waals surface area (Å²) >= 11 is 0. The third-order valence-electron chi connectivity index (χ3n) is 16.7. The van der Waals surface area contributed by atoms with Gasteiger partial charge >= 0.3 is 39.5 Å². The number of aliphatic hydroxyl groups is 1. The number of unbranched alkanes of at least 4 members (excludes halogenated alkanes) is 17. The summed E-state index contributed by atoms with van der Waals surface area (Å²) in [7, 11) is -10.0. The lowest BCUT2D eigenvalue weighted by Crippen LogP contribution is -2.30. The Kier molecular flexibility index (Phi) is 77.9. The Labute approximate surface area is 678 Å². The molecule has 0 bridgehead atoms. The number of hydrogen-bond donors (Lipinski definition) is 3. The average molecular weight is 1600 g/mol. The molecular weight excluding hydrogens is 1450 g/mol. The molecule has 0 amide bonds. The fraction of sp³-hybridized carbons (Fsp3) is 0.591. The molecule has 0 aromatic heterocycles. The molecule has 112 heavy (non-hydrogen) atoms. The van der Waals surface area contributed by atoms with E-state index in [1.54, 1.807) is 0 Å². The summed E-state index contributed by atoms with van der Waals surface area (Å²) in [6.45, 7) is 4.34. The zero-order valence-corrected chi connectivity index (χ0v) is 71.0. The standard InChI is InChI=1S/C93H148O17P2/c1-5-9-13-17-21-25-29-33-37-41-43-47-49-53-57-61-65-69-73-77-90(95)103-83-88(109-92(97)79-75-71-67-63-59-55-51-45-39-35-31-27-23-19-15-11-7-3)85-107-111(99,100)105-81-87(94)82-106-112(101,102)108-86-89(110-93(98)80-76-72-68-64-60-56-52-46-40-36-32-28-24-20-16-12-8-4)84-104-91(96)78-74-70-66-62-58-54-50-48-44-42-38-34-30-26-22-18-14-10-6-2/h9,11-13,15-16,21-28,33-40,43-44,47-48,51-53,55-57,65,69,87-89,94H,5-8,10,14,17-20,29-32,41-42,45-46,49-50,54,58-64,66-68,70-86H2,1-4H3,(H,99,100)(H,101,102)/b13-9-,15-11-,16-12-,25-21-,26-22-,27-23-,28-24-,37-33-,38-34-,39-35-,40-36-,47-43-,48-44-,55-51-,56-52-,57-53-,69-65-. The predicted octanol–water partition coefficient (Wildman–Crippen LogP) is 25.4. The number of hydrogen-bond acceptors (Lipinski definition) is 15. The molecule has 0 fully saturated rings. The molecule has 3 N–H and O–H groups in total. The van der Waals surface area contributed by atoms with Gasteiger partial charge in [0.2, 0.25) is 0 Å². The van der Waals surface area contributed by atoms with Crippen LogP contribution in [0.25, 0.3) is 0 Å². The number of carbonyl (C=O) groups is 4. The molecule has 19 heteroatoms. The second-order valence-electron chi connectivity index (χ2n) is 27.3. The number of aliphatic hydroxyl groups excluding tert-OH is 1. The molecule has 5 unspecified atom stereocenters. The molecule has 17 nitrogen and oxygen atoms in total. The normalized spacial score (nSPS) is 14.8. The maximum Gasteiger partial charge on any atom is 0.472 e. The molecule has 0 aliphatic rings. The van der Waals surface area contributed by atoms with Gasteiger partial charge in [-0.15, -0.1) is 0 Å². The van der Waals surface area contributed by atoms with Gasteiger partial charge in [0.1, 0.15) is 19.3 Å². The maximum absolute atomic E-state index is 13.1. The molecule has 632 valence electrons. The molecule has 0 aromatic carbocycles. The number of ether oxygens (including phenoxy) is 4. The minimum Gasteiger partial charge on any atom is -0.462 e. The van der Waals surface area contributed by atoms with Crippen LogP contribution in [0.15, 0.2) is 207 Å². The Morgan fingerprint density at radius 3 is 0.768 bits per heavy atom. The third-order valence-corrected chi connectivity index (χ3v) is 18.6. The van der Waals surface area contributed by atoms with Crippen molar-refractivity contribution in [2.75, 3.05) is 39.6 Å². The number of carbonyl (C=O) groups excluding carboxylic acids is 4. The summed E-state index contributed by atoms with van der Waals surface area (Å²) < 4.78 is 68.7. The summed E-state index contributed by atoms with van der Waals surface area (Å²) in [6.07, 6.45) is 104. The smallest absolute Gasteiger partial charge is 0.462 e. The summed E-state index contributed by atoms with van der Waals surface area (Å²) in [4.78, 5) is 73.3. The fourth-order valence-electron chi connectivity index (χ4n) is 10.4. The number of esters is 4. The highest BCUT2D eigenvalue weighted by Gasteiger charge is 2.30. The Morgan fingerprint density at radius 2 is 0.482 bits per heavy atom. The zero-order chi connectivity index (χ0) is 81.7. The molecule has 0 saturated carbocycles. The average Bonchev–Trinajstić information content (AvgIpc) is 0.895. The zero-order valence-electron chi connectivity index (χ0n) is 69.3. The highest BCUT2D eigenvalue weighted by Crippen LogP contribution is 2.45. The number of phosphoric ester groups is 2. The second kappa shape index (κ2) is 82.6. The van der Waals surface area contributed by atoms with E-state index in [2.05, 4.69) is 216 Å². The third kappa shape index (κ3) is 81.6. The van der Waals surface area contributed by atoms with Gasteiger partial charge in [0.15, 0.2) is 12.2 Å². The summed E-state index contributed by atoms with van der Waals surface area (Å²) in [5, 5.41) is 10.7. The Morgan fingerprint density at radius 1 is 0.259 bits per heavy atom. The van der Waals surface area contributed by atoms with E-state index < -0.39 is 97.5 Å². The number of rotatable bonds is 77. The van der Waals surface area contributed by atoms with Crippen LogP contribution in [0.4, 0.5) is 0 Å². The van der Waals surface area contributed by atoms with Crippen molar-refractivity contribution < 1.29 is 80.2 Å². The summed E-state index contributed by atoms with van der Waals surface area (Å²) in [5.74, 6) is -2.36. The molecule has 0 aliphatic heterocycles. The van der Waals surface area contributed by atoms with E-state index in [4.69, 9.17) is 37.0 Å². The molecular formula is C93H148O17P2. The first kappa shape index (κ1) is 106. The van der Waals surface area contributed by atoms with Crippen molar-refractivity contribution in [3.05, 3.63) is 207 Å². The Hall–Kier alpha value is -6.36. The van der Waals surface area contributed by atoms with Gasteiger partial charge in [0, 0.05) is 25.7 Å². The highest BCUT2D eigenvalue weighted by molar-refractivity contribution is 7.47. The molecule has 0 radical (unpaired) electrons. The topological polar surface area (TPSA) is 237 Å². The van der Waals surface area contributed by atoms with Crippen LogP contribution in [0.2, 0.25) is 0 Å². The van der Waals surface area contributed by atoms with Crippen molar-refractivity contribution >= 4 is 39.5 Å². The lowest BCUT2D eigenvalue weighted by molar-refractivity contribution is -0.161. The molecule has 0 spiro atoms. The predicted molar refractivity (Wildman–Crippen MR) is 463 cm³/mol. The number of allylic oxidation sites excluding steroid dienone is 34. The first-order valence-corrected chi connectivity index (χ1v) is 45.3. The van der Waals surface area contributed by atoms with Crippen molar-refractivity contribution in [2.45, 2.75) is 316 Å². The van der Waals surface area contributed by atoms with Crippen molar-refractivity contribution in [3.8, 4) is 0 Å². The minimum absolute atomic E-state index is 0.0214. The van der Waals surface area contributed by atoms with E-state index in [0.717, 1.165) is 193 Å². The summed E-state index contributed by atoms with van der Waals surface area (Å²) in [5.41, 5.74) is 0. The molecule has 0 aliphatic carbocycles. The van der Waals surface area contributed by atoms with E-state index in [1.165, 1.54) is 19.3 Å². The maximum atomic E-state index is 13.1. The van der Waals surface area contributed by atoms with Gasteiger partial charge in [0.05, 0.1) is 26.4 Å². The fourth-order valence-corrected chi connectivity index (χ4v) is 12.0. The first-order chi connectivity index (χ1) is 54.7. The molecule has 0 aromatic rings. The monoisotopic (exact) mass is 1600 g/mol. The minimum atomic E-state index is -5.02. The van der Waals surface area contributed by atoms with Gasteiger partial charge in [-0.1, -0.05) is 298 Å². The Balaban J connectivity index is 5.53. The van der Waals surface area contributed by atoms with Crippen molar-refractivity contribution in [2.24, 2.45) is 0 Å². The van der Waals surface area contributed by atoms with E-state index >= 15 is 0 Å². The SMILES string of the molecule is CC/C=C\C/C=C\C/C=C\C/C=C\C/C=C\C/C=C\CCC(=O)OCC(COP(=O)(O)OCC(O)COP(=O)(O)OCC(COC(=O)CCCCCCCC/C=C\C/C=C\C/C=C\CCCCC)OC(=O)CCCCCC/C=C\C/C=C\C/C=C\C/C=C\CC)OC(=O)CCCCCC/C=C\C/C=C\C/C=C\C/C=C\CC. The van der Waals surface area contributed by atoms with Crippen molar-refractivity contribution in [3.63, 3.8) is 0 Å². The summed E-state index contributed by atoms with van der Waals surface area (Å²) in [6, 6.07) is 0. The van der Waals surface area contributed by atoms with Crippen LogP contribution in [0.5, 0.6) is 0 Å². The van der Waals surface area contributed by atoms with Crippen LogP contribution in [-0.2, 0) is 65.4 Å². The van der Waals surface area contributed by atoms with Crippen molar-refractivity contribution in [1.82, 2.24) is 0 Å². The van der Waals surface area contributed by atoms with Crippen LogP contribution < -0.4 is 0 Å². The van der Waals surface area contributed by atoms with E-state index in [9.17, 15) is 43.2 Å². The van der Waals surface area contributed by atoms with Gasteiger partial charge in [-0.25, -0.2) is 9.13 Å². The quantitative estimate of drug-likeness (QED) is 0.0169. The molecule has 0 saturated heterocycles. The second-order valence-corrected chi connectivity index (χ2v) is 30.2. The lowest BCUT2D eigenvalue weighted by atomic mass is 10.1. The Bertz CT molecular complexity index is 2940. The molecule has 0 heterocycles. The van der Waals surface area contributed by atoms with E-state index in [1.807, 2.05) is 18.2 Å². The van der Waals surface area contributed by atoms with Gasteiger partial charge in [-0.05, 0) is 180 Å². The number of phosphoric acid groups is 2. The highest BCUT2D eigenvalue weighted by atomic mass is 31.2. The molecule has 5 atom stereocenters. The lowest BCUT2D eigenvalue weighted by Gasteiger charge is -2.21. The molecule has 0 rings (SSSR count). The van der Waals surface area contributed by atoms with Crippen LogP contribution in [0.3, 0.4) is 0 Å². The first-order valence-electron chi connectivity index (χ1n) is 42.3. The van der Waals surface area contributed by atoms with Crippen molar-refractivity contribution in [1.29, 1.82) is 0 Å². The van der Waals surface area contributed by atoms with Gasteiger partial charge in [-0.3, -0.25) is 37.3 Å². The van der Waals surface area contributed by atoms with Crippen LogP contribution >= 0.6 is 15.6 Å². The van der Waals surface area contributed by atoms with Crippen LogP contribution in [-0.4, -0.2) is 96.7 Å². The van der Waals surface area contributed by atoms with Gasteiger partial charge in [-0.2, -0.15) is 0 Å². The van der Waals surface area contributed by atoms with Gasteiger partial charge in [0.25, 0.3) is 0 Å². The largest absolute Gasteiger partial charge is 0.472 e. The van der Waals surface area contributed by atoms with E-state index in [-0.39, 0.29) is 25.7 Å².